The molecule has 0 unspecified atom stereocenters. The van der Waals surface area contributed by atoms with Gasteiger partial charge < -0.3 is 9.63 Å². The van der Waals surface area contributed by atoms with Crippen molar-refractivity contribution in [2.75, 3.05) is 6.26 Å². The second kappa shape index (κ2) is 6.79. The zero-order valence-electron chi connectivity index (χ0n) is 13.3. The van der Waals surface area contributed by atoms with Crippen molar-refractivity contribution in [2.24, 2.45) is 0 Å². The molecule has 0 aliphatic rings. The quantitative estimate of drug-likeness (QED) is 0.721. The Kier molecular flexibility index (Phi) is 4.83. The van der Waals surface area contributed by atoms with Crippen LogP contribution < -0.4 is 0 Å². The van der Waals surface area contributed by atoms with Crippen LogP contribution in [-0.2, 0) is 16.4 Å². The van der Waals surface area contributed by atoms with E-state index >= 15 is 0 Å². The Balaban J connectivity index is 2.26. The molecule has 0 atom stereocenters. The number of sulfone groups is 1. The number of hydrogen-bond donors (Lipinski definition) is 1. The third-order valence-electron chi connectivity index (χ3n) is 3.71. The summed E-state index contributed by atoms with van der Waals surface area (Å²) in [5, 5.41) is 13.7. The molecule has 0 radical (unpaired) electrons. The van der Waals surface area contributed by atoms with Crippen LogP contribution in [0.1, 0.15) is 5.76 Å². The number of benzene rings is 2. The van der Waals surface area contributed by atoms with E-state index in [1.165, 1.54) is 0 Å². The lowest BCUT2D eigenvalue weighted by Crippen LogP contribution is -2.03. The predicted octanol–water partition coefficient (Wildman–Crippen LogP) is 3.84. The molecule has 0 aliphatic carbocycles. The number of hydrogen-bond acceptors (Lipinski definition) is 5. The van der Waals surface area contributed by atoms with E-state index < -0.39 is 33.0 Å². The van der Waals surface area contributed by atoms with Gasteiger partial charge in [0.05, 0.1) is 5.56 Å². The summed E-state index contributed by atoms with van der Waals surface area (Å²) < 4.78 is 57.0. The fraction of sp³-hybridized carbons (Fsp3) is 0.118. The highest BCUT2D eigenvalue weighted by Crippen LogP contribution is 2.37. The number of halogens is 3. The second-order valence-corrected chi connectivity index (χ2v) is 7.95. The monoisotopic (exact) mass is 399 g/mol. The minimum atomic E-state index is -3.94. The van der Waals surface area contributed by atoms with E-state index in [4.69, 9.17) is 16.1 Å². The first-order valence-corrected chi connectivity index (χ1v) is 9.54. The summed E-state index contributed by atoms with van der Waals surface area (Å²) in [6.45, 7) is -0.606. The van der Waals surface area contributed by atoms with Gasteiger partial charge in [0.1, 0.15) is 28.8 Å². The molecule has 0 bridgehead atoms. The molecule has 1 aromatic heterocycles. The minimum Gasteiger partial charge on any atom is -0.388 e. The molecule has 0 aliphatic heterocycles. The Hall–Kier alpha value is -2.29. The van der Waals surface area contributed by atoms with E-state index in [0.29, 0.717) is 16.7 Å². The Labute approximate surface area is 152 Å². The first-order chi connectivity index (χ1) is 12.2. The van der Waals surface area contributed by atoms with Crippen molar-refractivity contribution in [3.8, 4) is 22.4 Å². The van der Waals surface area contributed by atoms with Gasteiger partial charge in [-0.05, 0) is 24.3 Å². The lowest BCUT2D eigenvalue weighted by Gasteiger charge is -2.08. The van der Waals surface area contributed by atoms with Crippen molar-refractivity contribution >= 4 is 21.4 Å². The standard InChI is InChI=1S/C17H12ClF2NO4S/c1-26(23,24)15-7-12(19)11(6-13(15)20)16-14(8-22)25-21-17(16)9-2-4-10(18)5-3-9/h2-7,22H,8H2,1H3. The van der Waals surface area contributed by atoms with Gasteiger partial charge in [-0.1, -0.05) is 28.9 Å². The van der Waals surface area contributed by atoms with Crippen LogP contribution in [0.5, 0.6) is 0 Å². The molecule has 5 nitrogen and oxygen atoms in total. The van der Waals surface area contributed by atoms with Crippen molar-refractivity contribution < 1.29 is 26.8 Å². The van der Waals surface area contributed by atoms with Crippen LogP contribution in [0, 0.1) is 11.6 Å². The first kappa shape index (κ1) is 18.5. The lowest BCUT2D eigenvalue weighted by molar-refractivity contribution is 0.230. The van der Waals surface area contributed by atoms with E-state index in [2.05, 4.69) is 5.16 Å². The van der Waals surface area contributed by atoms with Crippen molar-refractivity contribution in [3.63, 3.8) is 0 Å². The van der Waals surface area contributed by atoms with Gasteiger partial charge in [0.15, 0.2) is 15.6 Å². The van der Waals surface area contributed by atoms with Crippen molar-refractivity contribution in [2.45, 2.75) is 11.5 Å². The maximum atomic E-state index is 14.6. The molecule has 0 fully saturated rings. The summed E-state index contributed by atoms with van der Waals surface area (Å²) in [5.74, 6) is -2.18. The van der Waals surface area contributed by atoms with Crippen molar-refractivity contribution in [3.05, 3.63) is 58.8 Å². The Morgan fingerprint density at radius 3 is 2.38 bits per heavy atom. The number of nitrogens with zero attached hydrogens (tertiary/aromatic N) is 1. The molecule has 0 amide bonds. The summed E-state index contributed by atoms with van der Waals surface area (Å²) in [4.78, 5) is -0.756. The van der Waals surface area contributed by atoms with Gasteiger partial charge in [-0.2, -0.15) is 0 Å². The third kappa shape index (κ3) is 3.35. The molecule has 3 aromatic rings. The van der Waals surface area contributed by atoms with E-state index in [-0.39, 0.29) is 22.6 Å². The van der Waals surface area contributed by atoms with Gasteiger partial charge in [-0.3, -0.25) is 0 Å². The number of rotatable bonds is 4. The van der Waals surface area contributed by atoms with Gasteiger partial charge in [-0.25, -0.2) is 17.2 Å². The van der Waals surface area contributed by atoms with Gasteiger partial charge >= 0.3 is 0 Å². The second-order valence-electron chi connectivity index (χ2n) is 5.53. The molecule has 0 spiro atoms. The highest BCUT2D eigenvalue weighted by atomic mass is 35.5. The fourth-order valence-corrected chi connectivity index (χ4v) is 3.38. The zero-order valence-corrected chi connectivity index (χ0v) is 14.9. The highest BCUT2D eigenvalue weighted by molar-refractivity contribution is 7.90. The normalized spacial score (nSPS) is 11.7. The minimum absolute atomic E-state index is 0.0336. The third-order valence-corrected chi connectivity index (χ3v) is 5.08. The molecule has 1 heterocycles. The van der Waals surface area contributed by atoms with Crippen LogP contribution in [0.2, 0.25) is 5.02 Å². The van der Waals surface area contributed by atoms with Gasteiger partial charge in [-0.15, -0.1) is 0 Å². The Bertz CT molecular complexity index is 1080. The molecule has 2 aromatic carbocycles. The average molecular weight is 400 g/mol. The van der Waals surface area contributed by atoms with Crippen molar-refractivity contribution in [1.29, 1.82) is 0 Å². The van der Waals surface area contributed by atoms with Crippen LogP contribution >= 0.6 is 11.6 Å². The maximum absolute atomic E-state index is 14.6. The molecule has 1 N–H and O–H groups in total. The van der Waals surface area contributed by atoms with Gasteiger partial charge in [0, 0.05) is 22.4 Å². The van der Waals surface area contributed by atoms with E-state index in [1.54, 1.807) is 24.3 Å². The summed E-state index contributed by atoms with van der Waals surface area (Å²) in [6.07, 6.45) is 0.780. The molecule has 9 heteroatoms. The summed E-state index contributed by atoms with van der Waals surface area (Å²) in [7, 11) is -3.94. The Morgan fingerprint density at radius 2 is 1.81 bits per heavy atom. The van der Waals surface area contributed by atoms with Crippen LogP contribution in [0.4, 0.5) is 8.78 Å². The van der Waals surface area contributed by atoms with Crippen LogP contribution in [0.25, 0.3) is 22.4 Å². The molecule has 3 rings (SSSR count). The zero-order chi connectivity index (χ0) is 19.1. The van der Waals surface area contributed by atoms with Gasteiger partial charge in [0.25, 0.3) is 0 Å². The molecular formula is C17H12ClF2NO4S. The van der Waals surface area contributed by atoms with E-state index in [1.807, 2.05) is 0 Å². The summed E-state index contributed by atoms with van der Waals surface area (Å²) >= 11 is 5.84. The average Bonchev–Trinajstić information content (AvgIpc) is 3.00. The maximum Gasteiger partial charge on any atom is 0.178 e. The molecule has 136 valence electrons. The SMILES string of the molecule is CS(=O)(=O)c1cc(F)c(-c2c(-c3ccc(Cl)cc3)noc2CO)cc1F. The first-order valence-electron chi connectivity index (χ1n) is 7.27. The largest absolute Gasteiger partial charge is 0.388 e. The highest BCUT2D eigenvalue weighted by Gasteiger charge is 2.25. The summed E-state index contributed by atoms with van der Waals surface area (Å²) in [6, 6.07) is 7.71. The molecule has 26 heavy (non-hydrogen) atoms. The number of aliphatic hydroxyl groups excluding tert-OH is 1. The molecule has 0 saturated carbocycles. The predicted molar refractivity (Wildman–Crippen MR) is 91.3 cm³/mol. The summed E-state index contributed by atoms with van der Waals surface area (Å²) in [5.41, 5.74) is 0.424. The van der Waals surface area contributed by atoms with E-state index in [0.717, 1.165) is 12.3 Å². The van der Waals surface area contributed by atoms with Crippen molar-refractivity contribution in [1.82, 2.24) is 5.16 Å². The molecule has 0 saturated heterocycles. The fourth-order valence-electron chi connectivity index (χ4n) is 2.52. The van der Waals surface area contributed by atoms with Crippen LogP contribution in [-0.4, -0.2) is 24.9 Å². The van der Waals surface area contributed by atoms with Gasteiger partial charge in [0.2, 0.25) is 0 Å². The molecular weight excluding hydrogens is 388 g/mol. The lowest BCUT2D eigenvalue weighted by atomic mass is 9.98. The number of aromatic nitrogens is 1. The Morgan fingerprint density at radius 1 is 1.15 bits per heavy atom. The van der Waals surface area contributed by atoms with Crippen LogP contribution in [0.15, 0.2) is 45.8 Å². The van der Waals surface area contributed by atoms with Crippen LogP contribution in [0.3, 0.4) is 0 Å². The topological polar surface area (TPSA) is 80.4 Å². The van der Waals surface area contributed by atoms with E-state index in [9.17, 15) is 22.3 Å². The number of aliphatic hydroxyl groups is 1. The smallest absolute Gasteiger partial charge is 0.178 e.